The molecule has 0 aromatic carbocycles. The molecule has 100 valence electrons. The zero-order chi connectivity index (χ0) is 13.4. The highest BCUT2D eigenvalue weighted by atomic mass is 16.7. The molecule has 0 aromatic rings. The average molecular weight is 254 g/mol. The number of hydrogen-bond donors (Lipinski definition) is 7. The molecule has 1 saturated heterocycles. The lowest BCUT2D eigenvalue weighted by atomic mass is 9.90. The van der Waals surface area contributed by atoms with Gasteiger partial charge in [0.15, 0.2) is 0 Å². The predicted molar refractivity (Wildman–Crippen MR) is 48.6 cm³/mol. The van der Waals surface area contributed by atoms with Gasteiger partial charge in [0.25, 0.3) is 5.79 Å². The van der Waals surface area contributed by atoms with Crippen LogP contribution in [0.3, 0.4) is 0 Å². The maximum Gasteiger partial charge on any atom is 0.367 e. The summed E-state index contributed by atoms with van der Waals surface area (Å²) in [4.78, 5) is 10.7. The van der Waals surface area contributed by atoms with Gasteiger partial charge in [-0.2, -0.15) is 0 Å². The number of ether oxygens (including phenoxy) is 1. The number of carbonyl (C=O) groups is 1. The summed E-state index contributed by atoms with van der Waals surface area (Å²) in [6.45, 7) is -0.889. The summed E-state index contributed by atoms with van der Waals surface area (Å²) in [5.74, 6) is -5.16. The average Bonchev–Trinajstić information content (AvgIpc) is 2.30. The molecule has 0 spiro atoms. The molecule has 1 unspecified atom stereocenters. The molecule has 0 bridgehead atoms. The fourth-order valence-electron chi connectivity index (χ4n) is 1.55. The summed E-state index contributed by atoms with van der Waals surface area (Å²) in [6.07, 6.45) is -9.67. The Kier molecular flexibility index (Phi) is 4.04. The van der Waals surface area contributed by atoms with Gasteiger partial charge in [-0.05, 0) is 0 Å². The minimum atomic E-state index is -3.17. The molecule has 1 heterocycles. The molecule has 9 nitrogen and oxygen atoms in total. The van der Waals surface area contributed by atoms with E-state index < -0.39 is 48.9 Å². The maximum absolute atomic E-state index is 10.7. The summed E-state index contributed by atoms with van der Waals surface area (Å²) < 4.78 is 4.47. The number of aliphatic hydroxyl groups excluding tert-OH is 5. The molecule has 0 amide bonds. The summed E-state index contributed by atoms with van der Waals surface area (Å²) in [5, 5.41) is 64.1. The van der Waals surface area contributed by atoms with Gasteiger partial charge in [-0.15, -0.1) is 0 Å². The highest BCUT2D eigenvalue weighted by molar-refractivity contribution is 5.76. The molecular formula is C8H14O9. The molecular weight excluding hydrogens is 240 g/mol. The molecule has 9 heteroatoms. The van der Waals surface area contributed by atoms with Crippen LogP contribution in [0.15, 0.2) is 0 Å². The SMILES string of the molecule is O=C(O)C1(O)O[C@H]([C@@H](O)CO)[C@H](O)[C@H](O)[C@@H]1O. The lowest BCUT2D eigenvalue weighted by molar-refractivity contribution is -0.346. The van der Waals surface area contributed by atoms with Gasteiger partial charge >= 0.3 is 5.97 Å². The van der Waals surface area contributed by atoms with Gasteiger partial charge in [-0.3, -0.25) is 0 Å². The standard InChI is InChI=1S/C8H14O9/c9-1-2(10)5-3(11)4(12)6(13)8(16,17-5)7(14)15/h2-6,9-13,16H,1H2,(H,14,15)/t2-,3+,4-,5+,6-,8?/m0/s1. The second-order valence-electron chi connectivity index (χ2n) is 3.76. The van der Waals surface area contributed by atoms with Crippen molar-refractivity contribution in [2.45, 2.75) is 36.3 Å². The molecule has 0 radical (unpaired) electrons. The molecule has 0 aromatic heterocycles. The first-order valence-electron chi connectivity index (χ1n) is 4.72. The van der Waals surface area contributed by atoms with E-state index in [-0.39, 0.29) is 0 Å². The second kappa shape index (κ2) is 4.82. The topological polar surface area (TPSA) is 168 Å². The quantitative estimate of drug-likeness (QED) is 0.263. The third-order valence-corrected chi connectivity index (χ3v) is 2.60. The summed E-state index contributed by atoms with van der Waals surface area (Å²) in [5.41, 5.74) is 0. The summed E-state index contributed by atoms with van der Waals surface area (Å²) in [7, 11) is 0. The van der Waals surface area contributed by atoms with Crippen LogP contribution < -0.4 is 0 Å². The zero-order valence-electron chi connectivity index (χ0n) is 8.54. The smallest absolute Gasteiger partial charge is 0.367 e. The van der Waals surface area contributed by atoms with E-state index in [2.05, 4.69) is 4.74 Å². The van der Waals surface area contributed by atoms with Crippen LogP contribution in [0.1, 0.15) is 0 Å². The van der Waals surface area contributed by atoms with Gasteiger partial charge in [0.1, 0.15) is 30.5 Å². The van der Waals surface area contributed by atoms with E-state index in [0.717, 1.165) is 0 Å². The van der Waals surface area contributed by atoms with Crippen molar-refractivity contribution >= 4 is 5.97 Å². The fourth-order valence-corrected chi connectivity index (χ4v) is 1.55. The first kappa shape index (κ1) is 14.3. The van der Waals surface area contributed by atoms with Crippen LogP contribution >= 0.6 is 0 Å². The number of carboxylic acid groups (broad SMARTS) is 1. The number of hydrogen-bond acceptors (Lipinski definition) is 8. The second-order valence-corrected chi connectivity index (χ2v) is 3.76. The zero-order valence-corrected chi connectivity index (χ0v) is 8.54. The van der Waals surface area contributed by atoms with Crippen LogP contribution in [0.4, 0.5) is 0 Å². The Morgan fingerprint density at radius 3 is 2.24 bits per heavy atom. The predicted octanol–water partition coefficient (Wildman–Crippen LogP) is -4.41. The Labute approximate surface area is 95.1 Å². The van der Waals surface area contributed by atoms with Crippen LogP contribution in [-0.2, 0) is 9.53 Å². The van der Waals surface area contributed by atoms with Gasteiger partial charge < -0.3 is 40.5 Å². The number of aliphatic carboxylic acids is 1. The molecule has 0 aliphatic carbocycles. The van der Waals surface area contributed by atoms with Crippen LogP contribution in [0.5, 0.6) is 0 Å². The third-order valence-electron chi connectivity index (χ3n) is 2.60. The van der Waals surface area contributed by atoms with E-state index in [1.165, 1.54) is 0 Å². The van der Waals surface area contributed by atoms with E-state index in [1.54, 1.807) is 0 Å². The van der Waals surface area contributed by atoms with Crippen molar-refractivity contribution in [1.29, 1.82) is 0 Å². The highest BCUT2D eigenvalue weighted by Crippen LogP contribution is 2.29. The van der Waals surface area contributed by atoms with Crippen molar-refractivity contribution in [2.75, 3.05) is 6.61 Å². The minimum absolute atomic E-state index is 0.889. The van der Waals surface area contributed by atoms with Crippen LogP contribution in [0, 0.1) is 0 Å². The van der Waals surface area contributed by atoms with Crippen molar-refractivity contribution in [3.8, 4) is 0 Å². The van der Waals surface area contributed by atoms with E-state index in [0.29, 0.717) is 0 Å². The molecule has 7 N–H and O–H groups in total. The molecule has 6 atom stereocenters. The molecule has 0 saturated carbocycles. The van der Waals surface area contributed by atoms with Crippen LogP contribution in [-0.4, -0.2) is 84.6 Å². The van der Waals surface area contributed by atoms with Gasteiger partial charge in [0, 0.05) is 0 Å². The third kappa shape index (κ3) is 2.26. The molecule has 1 aliphatic rings. The Balaban J connectivity index is 3.02. The first-order valence-corrected chi connectivity index (χ1v) is 4.72. The van der Waals surface area contributed by atoms with Crippen molar-refractivity contribution in [3.05, 3.63) is 0 Å². The van der Waals surface area contributed by atoms with E-state index in [1.807, 2.05) is 0 Å². The Morgan fingerprint density at radius 1 is 1.29 bits per heavy atom. The molecule has 1 rings (SSSR count). The van der Waals surface area contributed by atoms with Gasteiger partial charge in [-0.1, -0.05) is 0 Å². The minimum Gasteiger partial charge on any atom is -0.477 e. The van der Waals surface area contributed by atoms with E-state index in [9.17, 15) is 30.3 Å². The van der Waals surface area contributed by atoms with E-state index >= 15 is 0 Å². The fraction of sp³-hybridized carbons (Fsp3) is 0.875. The number of rotatable bonds is 3. The maximum atomic E-state index is 10.7. The van der Waals surface area contributed by atoms with E-state index in [4.69, 9.17) is 10.2 Å². The Hall–Kier alpha value is -0.810. The van der Waals surface area contributed by atoms with Crippen molar-refractivity contribution in [1.82, 2.24) is 0 Å². The Morgan fingerprint density at radius 2 is 1.82 bits per heavy atom. The Bertz CT molecular complexity index is 295. The highest BCUT2D eigenvalue weighted by Gasteiger charge is 2.58. The molecule has 1 fully saturated rings. The number of carboxylic acids is 1. The van der Waals surface area contributed by atoms with Gasteiger partial charge in [0.05, 0.1) is 6.61 Å². The molecule has 17 heavy (non-hydrogen) atoms. The number of aliphatic hydroxyl groups is 6. The normalized spacial score (nSPS) is 44.4. The monoisotopic (exact) mass is 254 g/mol. The lowest BCUT2D eigenvalue weighted by Crippen LogP contribution is -2.69. The van der Waals surface area contributed by atoms with Crippen molar-refractivity contribution in [2.24, 2.45) is 0 Å². The van der Waals surface area contributed by atoms with Crippen molar-refractivity contribution in [3.63, 3.8) is 0 Å². The van der Waals surface area contributed by atoms with Gasteiger partial charge in [0.2, 0.25) is 0 Å². The van der Waals surface area contributed by atoms with Crippen molar-refractivity contribution < 1.29 is 45.3 Å². The van der Waals surface area contributed by atoms with Gasteiger partial charge in [-0.25, -0.2) is 4.79 Å². The first-order chi connectivity index (χ1) is 7.75. The lowest BCUT2D eigenvalue weighted by Gasteiger charge is -2.44. The molecule has 1 aliphatic heterocycles. The van der Waals surface area contributed by atoms with Crippen LogP contribution in [0.25, 0.3) is 0 Å². The largest absolute Gasteiger partial charge is 0.477 e. The summed E-state index contributed by atoms with van der Waals surface area (Å²) in [6, 6.07) is 0. The van der Waals surface area contributed by atoms with Crippen LogP contribution in [0.2, 0.25) is 0 Å². The summed E-state index contributed by atoms with van der Waals surface area (Å²) >= 11 is 0.